The summed E-state index contributed by atoms with van der Waals surface area (Å²) in [6.45, 7) is 12.5. The highest BCUT2D eigenvalue weighted by molar-refractivity contribution is 5.04. The molecule has 0 amide bonds. The predicted molar refractivity (Wildman–Crippen MR) is 73.5 cm³/mol. The maximum atomic E-state index is 9.12. The number of piperidine rings is 1. The molecule has 0 aromatic carbocycles. The molecule has 1 aliphatic heterocycles. The number of rotatable bonds is 4. The van der Waals surface area contributed by atoms with E-state index in [0.717, 1.165) is 38.9 Å². The van der Waals surface area contributed by atoms with Gasteiger partial charge in [-0.15, -0.1) is 6.58 Å². The maximum absolute atomic E-state index is 9.12. The summed E-state index contributed by atoms with van der Waals surface area (Å²) in [5, 5.41) is 11.8. The topological polar surface area (TPSA) is 39.1 Å². The number of allylic oxidation sites excluding steroid dienone is 1. The number of nitriles is 1. The summed E-state index contributed by atoms with van der Waals surface area (Å²) in [6.07, 6.45) is 6.36. The van der Waals surface area contributed by atoms with Crippen molar-refractivity contribution in [2.45, 2.75) is 26.2 Å². The Morgan fingerprint density at radius 1 is 1.41 bits per heavy atom. The summed E-state index contributed by atoms with van der Waals surface area (Å²) < 4.78 is 0. The Hall–Kier alpha value is -1.27. The third-order valence-corrected chi connectivity index (χ3v) is 3.24. The Balaban J connectivity index is 0.000000557. The molecule has 0 aliphatic carbocycles. The average Bonchev–Trinajstić information content (AvgIpc) is 2.40. The first-order valence-corrected chi connectivity index (χ1v) is 6.20. The quantitative estimate of drug-likeness (QED) is 0.761. The lowest BCUT2D eigenvalue weighted by Gasteiger charge is -2.36. The Morgan fingerprint density at radius 2 is 1.94 bits per heavy atom. The van der Waals surface area contributed by atoms with Crippen LogP contribution in [0.5, 0.6) is 0 Å². The summed E-state index contributed by atoms with van der Waals surface area (Å²) in [6, 6.07) is 2.47. The van der Waals surface area contributed by atoms with Crippen molar-refractivity contribution in [2.24, 2.45) is 5.41 Å². The molecule has 1 heterocycles. The minimum atomic E-state index is -0.104. The van der Waals surface area contributed by atoms with Crippen LogP contribution in [-0.2, 0) is 0 Å². The van der Waals surface area contributed by atoms with Gasteiger partial charge in [-0.25, -0.2) is 0 Å². The highest BCUT2D eigenvalue weighted by atomic mass is 15.1. The van der Waals surface area contributed by atoms with Gasteiger partial charge in [0.1, 0.15) is 0 Å². The van der Waals surface area contributed by atoms with Crippen molar-refractivity contribution in [3.8, 4) is 6.07 Å². The van der Waals surface area contributed by atoms with Crippen LogP contribution in [0.3, 0.4) is 0 Å². The normalized spacial score (nSPS) is 18.2. The number of hydrogen-bond acceptors (Lipinski definition) is 3. The van der Waals surface area contributed by atoms with Crippen molar-refractivity contribution >= 4 is 0 Å². The molecule has 1 N–H and O–H groups in total. The molecule has 3 nitrogen and oxygen atoms in total. The summed E-state index contributed by atoms with van der Waals surface area (Å²) in [4.78, 5) is 2.40. The van der Waals surface area contributed by atoms with E-state index in [0.29, 0.717) is 0 Å². The zero-order chi connectivity index (χ0) is 13.1. The number of nitrogens with zero attached hydrogens (tertiary/aromatic N) is 2. The van der Waals surface area contributed by atoms with Crippen LogP contribution in [-0.4, -0.2) is 31.6 Å². The Morgan fingerprint density at radius 3 is 2.24 bits per heavy atom. The fourth-order valence-electron chi connectivity index (χ4n) is 1.94. The molecule has 0 aromatic rings. The van der Waals surface area contributed by atoms with E-state index in [1.165, 1.54) is 0 Å². The first-order valence-electron chi connectivity index (χ1n) is 6.20. The van der Waals surface area contributed by atoms with Crippen LogP contribution < -0.4 is 5.32 Å². The SMILES string of the molecule is C=CCC1(C#N)CCN(CC)CC1.C=CNC. The maximum Gasteiger partial charge on any atom is 0.0694 e. The zero-order valence-corrected chi connectivity index (χ0v) is 11.2. The summed E-state index contributed by atoms with van der Waals surface area (Å²) >= 11 is 0. The lowest BCUT2D eigenvalue weighted by molar-refractivity contribution is 0.152. The molecule has 0 unspecified atom stereocenters. The van der Waals surface area contributed by atoms with Gasteiger partial charge in [0.05, 0.1) is 11.5 Å². The fourth-order valence-corrected chi connectivity index (χ4v) is 1.94. The van der Waals surface area contributed by atoms with E-state index in [1.54, 1.807) is 6.20 Å². The standard InChI is InChI=1S/C11H18N2.C3H7N/c1-3-5-11(10-12)6-8-13(4-2)9-7-11;1-3-4-2/h3H,1,4-9H2,2H3;3-4H,1H2,2H3. The Labute approximate surface area is 106 Å². The summed E-state index contributed by atoms with van der Waals surface area (Å²) in [7, 11) is 1.81. The first kappa shape index (κ1) is 15.7. The second kappa shape index (κ2) is 8.83. The van der Waals surface area contributed by atoms with Gasteiger partial charge in [0.2, 0.25) is 0 Å². The molecule has 0 aromatic heterocycles. The number of nitrogens with one attached hydrogen (secondary N) is 1. The van der Waals surface area contributed by atoms with Crippen LogP contribution in [0.4, 0.5) is 0 Å². The van der Waals surface area contributed by atoms with Gasteiger partial charge in [-0.2, -0.15) is 5.26 Å². The summed E-state index contributed by atoms with van der Waals surface area (Å²) in [5.74, 6) is 0. The van der Waals surface area contributed by atoms with Crippen molar-refractivity contribution in [2.75, 3.05) is 26.7 Å². The van der Waals surface area contributed by atoms with Gasteiger partial charge in [0.25, 0.3) is 0 Å². The largest absolute Gasteiger partial charge is 0.394 e. The third-order valence-electron chi connectivity index (χ3n) is 3.24. The molecule has 3 heteroatoms. The fraction of sp³-hybridized carbons (Fsp3) is 0.643. The zero-order valence-electron chi connectivity index (χ0n) is 11.2. The molecule has 17 heavy (non-hydrogen) atoms. The van der Waals surface area contributed by atoms with Crippen LogP contribution in [0.2, 0.25) is 0 Å². The van der Waals surface area contributed by atoms with Gasteiger partial charge in [-0.05, 0) is 45.1 Å². The van der Waals surface area contributed by atoms with Crippen LogP contribution >= 0.6 is 0 Å². The third kappa shape index (κ3) is 5.55. The molecule has 1 rings (SSSR count). The Kier molecular flexibility index (Phi) is 8.17. The summed E-state index contributed by atoms with van der Waals surface area (Å²) in [5.41, 5.74) is -0.104. The van der Waals surface area contributed by atoms with E-state index in [4.69, 9.17) is 5.26 Å². The average molecular weight is 235 g/mol. The molecule has 0 saturated carbocycles. The van der Waals surface area contributed by atoms with Gasteiger partial charge >= 0.3 is 0 Å². The van der Waals surface area contributed by atoms with E-state index in [1.807, 2.05) is 13.1 Å². The lowest BCUT2D eigenvalue weighted by atomic mass is 9.77. The number of hydrogen-bond donors (Lipinski definition) is 1. The van der Waals surface area contributed by atoms with E-state index in [2.05, 4.69) is 36.4 Å². The van der Waals surface area contributed by atoms with Crippen LogP contribution in [0, 0.1) is 16.7 Å². The van der Waals surface area contributed by atoms with E-state index >= 15 is 0 Å². The van der Waals surface area contributed by atoms with Crippen molar-refractivity contribution in [3.05, 3.63) is 25.4 Å². The molecule has 0 spiro atoms. The molecular weight excluding hydrogens is 210 g/mol. The highest BCUT2D eigenvalue weighted by Gasteiger charge is 2.32. The minimum Gasteiger partial charge on any atom is -0.394 e. The highest BCUT2D eigenvalue weighted by Crippen LogP contribution is 2.34. The van der Waals surface area contributed by atoms with Gasteiger partial charge in [0.15, 0.2) is 0 Å². The molecule has 96 valence electrons. The monoisotopic (exact) mass is 235 g/mol. The molecule has 0 bridgehead atoms. The van der Waals surface area contributed by atoms with E-state index in [-0.39, 0.29) is 5.41 Å². The van der Waals surface area contributed by atoms with Gasteiger partial charge in [-0.3, -0.25) is 0 Å². The van der Waals surface area contributed by atoms with Gasteiger partial charge in [0, 0.05) is 7.05 Å². The predicted octanol–water partition coefficient (Wildman–Crippen LogP) is 2.54. The molecule has 0 atom stereocenters. The van der Waals surface area contributed by atoms with Crippen LogP contribution in [0.15, 0.2) is 25.4 Å². The lowest BCUT2D eigenvalue weighted by Crippen LogP contribution is -2.39. The van der Waals surface area contributed by atoms with Crippen molar-refractivity contribution in [3.63, 3.8) is 0 Å². The van der Waals surface area contributed by atoms with E-state index < -0.39 is 0 Å². The first-order chi connectivity index (χ1) is 8.17. The molecular formula is C14H25N3. The van der Waals surface area contributed by atoms with Crippen molar-refractivity contribution in [1.29, 1.82) is 5.26 Å². The molecule has 0 radical (unpaired) electrons. The van der Waals surface area contributed by atoms with Gasteiger partial charge < -0.3 is 10.2 Å². The second-order valence-corrected chi connectivity index (χ2v) is 4.31. The second-order valence-electron chi connectivity index (χ2n) is 4.31. The van der Waals surface area contributed by atoms with Crippen LogP contribution in [0.1, 0.15) is 26.2 Å². The van der Waals surface area contributed by atoms with Crippen LogP contribution in [0.25, 0.3) is 0 Å². The molecule has 1 aliphatic rings. The minimum absolute atomic E-state index is 0.104. The van der Waals surface area contributed by atoms with E-state index in [9.17, 15) is 0 Å². The van der Waals surface area contributed by atoms with Crippen molar-refractivity contribution in [1.82, 2.24) is 10.2 Å². The smallest absolute Gasteiger partial charge is 0.0694 e. The number of likely N-dealkylation sites (tertiary alicyclic amines) is 1. The van der Waals surface area contributed by atoms with Crippen molar-refractivity contribution < 1.29 is 0 Å². The van der Waals surface area contributed by atoms with Gasteiger partial charge in [-0.1, -0.05) is 19.6 Å². The Bertz CT molecular complexity index is 257. The molecule has 1 fully saturated rings. The molecule has 1 saturated heterocycles.